The molecule has 3 heteroatoms. The molecule has 1 saturated heterocycles. The maximum Gasteiger partial charge on any atom is 0.119 e. The van der Waals surface area contributed by atoms with Crippen molar-refractivity contribution in [2.45, 2.75) is 64.7 Å². The highest BCUT2D eigenvalue weighted by atomic mass is 35.5. The zero-order valence-electron chi connectivity index (χ0n) is 14.2. The lowest BCUT2D eigenvalue weighted by Gasteiger charge is -2.23. The van der Waals surface area contributed by atoms with Crippen LogP contribution in [-0.2, 0) is 0 Å². The van der Waals surface area contributed by atoms with Crippen LogP contribution in [0.1, 0.15) is 68.9 Å². The molecule has 0 aliphatic carbocycles. The average molecular weight is 326 g/mol. The summed E-state index contributed by atoms with van der Waals surface area (Å²) in [5.74, 6) is 1.78. The third kappa shape index (κ3) is 6.58. The third-order valence-corrected chi connectivity index (χ3v) is 4.40. The van der Waals surface area contributed by atoms with Crippen LogP contribution in [0.3, 0.4) is 0 Å². The fraction of sp³-hybridized carbons (Fsp3) is 0.684. The molecule has 0 unspecified atom stereocenters. The summed E-state index contributed by atoms with van der Waals surface area (Å²) in [7, 11) is 0. The molecule has 2 nitrogen and oxygen atoms in total. The van der Waals surface area contributed by atoms with Crippen LogP contribution in [0.4, 0.5) is 0 Å². The van der Waals surface area contributed by atoms with Gasteiger partial charge in [0.15, 0.2) is 0 Å². The molecular formula is C19H32ClNO. The standard InChI is InChI=1S/C19H31NO.ClH/c1-3-4-5-6-7-12-21-19-14-16(2)13-18(15-19)17-8-10-20-11-9-17;/h13-15,17,20H,3-12H2,1-2H3;1H. The number of aryl methyl sites for hydroxylation is 1. The summed E-state index contributed by atoms with van der Waals surface area (Å²) < 4.78 is 5.98. The highest BCUT2D eigenvalue weighted by Gasteiger charge is 2.16. The average Bonchev–Trinajstić information content (AvgIpc) is 2.51. The van der Waals surface area contributed by atoms with Gasteiger partial charge in [0.25, 0.3) is 0 Å². The summed E-state index contributed by atoms with van der Waals surface area (Å²) in [5, 5.41) is 3.44. The zero-order valence-corrected chi connectivity index (χ0v) is 15.0. The van der Waals surface area contributed by atoms with Gasteiger partial charge in [-0.3, -0.25) is 0 Å². The summed E-state index contributed by atoms with van der Waals surface area (Å²) in [6.07, 6.45) is 8.97. The summed E-state index contributed by atoms with van der Waals surface area (Å²) in [5.41, 5.74) is 2.80. The normalized spacial score (nSPS) is 15.4. The monoisotopic (exact) mass is 325 g/mol. The van der Waals surface area contributed by atoms with E-state index in [1.54, 1.807) is 0 Å². The summed E-state index contributed by atoms with van der Waals surface area (Å²) in [4.78, 5) is 0. The van der Waals surface area contributed by atoms with E-state index in [1.807, 2.05) is 0 Å². The van der Waals surface area contributed by atoms with Crippen molar-refractivity contribution in [2.24, 2.45) is 0 Å². The summed E-state index contributed by atoms with van der Waals surface area (Å²) in [6, 6.07) is 6.79. The number of ether oxygens (including phenoxy) is 1. The Morgan fingerprint density at radius 2 is 1.77 bits per heavy atom. The van der Waals surface area contributed by atoms with E-state index in [-0.39, 0.29) is 12.4 Å². The van der Waals surface area contributed by atoms with Crippen molar-refractivity contribution in [1.29, 1.82) is 0 Å². The molecule has 1 N–H and O–H groups in total. The number of rotatable bonds is 8. The molecule has 0 bridgehead atoms. The first-order valence-corrected chi connectivity index (χ1v) is 8.74. The van der Waals surface area contributed by atoms with Crippen LogP contribution in [-0.4, -0.2) is 19.7 Å². The van der Waals surface area contributed by atoms with Gasteiger partial charge in [-0.05, 0) is 68.5 Å². The summed E-state index contributed by atoms with van der Waals surface area (Å²) in [6.45, 7) is 7.58. The van der Waals surface area contributed by atoms with Gasteiger partial charge in [-0.15, -0.1) is 12.4 Å². The Balaban J connectivity index is 0.00000242. The minimum absolute atomic E-state index is 0. The van der Waals surface area contributed by atoms with E-state index in [0.29, 0.717) is 5.92 Å². The highest BCUT2D eigenvalue weighted by molar-refractivity contribution is 5.85. The van der Waals surface area contributed by atoms with E-state index in [9.17, 15) is 0 Å². The first-order chi connectivity index (χ1) is 10.3. The molecule has 1 heterocycles. The molecule has 0 saturated carbocycles. The molecule has 1 aromatic rings. The van der Waals surface area contributed by atoms with Crippen molar-refractivity contribution < 1.29 is 4.74 Å². The molecule has 1 aliphatic rings. The molecule has 0 amide bonds. The Labute approximate surface area is 142 Å². The number of piperidine rings is 1. The highest BCUT2D eigenvalue weighted by Crippen LogP contribution is 2.29. The van der Waals surface area contributed by atoms with Gasteiger partial charge in [-0.1, -0.05) is 38.7 Å². The topological polar surface area (TPSA) is 21.3 Å². The Morgan fingerprint density at radius 3 is 2.50 bits per heavy atom. The number of halogens is 1. The van der Waals surface area contributed by atoms with E-state index in [0.717, 1.165) is 25.4 Å². The second kappa shape index (κ2) is 10.9. The van der Waals surface area contributed by atoms with E-state index in [1.165, 1.54) is 56.1 Å². The minimum Gasteiger partial charge on any atom is -0.494 e. The lowest BCUT2D eigenvalue weighted by molar-refractivity contribution is 0.303. The fourth-order valence-electron chi connectivity index (χ4n) is 3.15. The predicted octanol–water partition coefficient (Wildman–Crippen LogP) is 5.23. The van der Waals surface area contributed by atoms with Crippen molar-refractivity contribution in [2.75, 3.05) is 19.7 Å². The van der Waals surface area contributed by atoms with Gasteiger partial charge in [-0.25, -0.2) is 0 Å². The van der Waals surface area contributed by atoms with Crippen molar-refractivity contribution in [3.63, 3.8) is 0 Å². The Hall–Kier alpha value is -0.730. The van der Waals surface area contributed by atoms with Crippen molar-refractivity contribution in [3.05, 3.63) is 29.3 Å². The largest absolute Gasteiger partial charge is 0.494 e. The number of benzene rings is 1. The molecule has 1 aliphatic heterocycles. The number of unbranched alkanes of at least 4 members (excludes halogenated alkanes) is 4. The second-order valence-electron chi connectivity index (χ2n) is 6.37. The van der Waals surface area contributed by atoms with Crippen LogP contribution < -0.4 is 10.1 Å². The lowest BCUT2D eigenvalue weighted by atomic mass is 9.89. The molecule has 0 radical (unpaired) electrons. The van der Waals surface area contributed by atoms with Gasteiger partial charge >= 0.3 is 0 Å². The summed E-state index contributed by atoms with van der Waals surface area (Å²) >= 11 is 0. The van der Waals surface area contributed by atoms with Gasteiger partial charge in [-0.2, -0.15) is 0 Å². The van der Waals surface area contributed by atoms with Crippen LogP contribution >= 0.6 is 12.4 Å². The SMILES string of the molecule is CCCCCCCOc1cc(C)cc(C2CCNCC2)c1.Cl. The van der Waals surface area contributed by atoms with Crippen LogP contribution in [0.15, 0.2) is 18.2 Å². The molecule has 2 rings (SSSR count). The Kier molecular flexibility index (Phi) is 9.58. The smallest absolute Gasteiger partial charge is 0.119 e. The molecule has 0 atom stereocenters. The molecule has 0 spiro atoms. The number of hydrogen-bond donors (Lipinski definition) is 1. The van der Waals surface area contributed by atoms with Gasteiger partial charge in [0, 0.05) is 0 Å². The maximum absolute atomic E-state index is 5.98. The van der Waals surface area contributed by atoms with Crippen LogP contribution in [0.25, 0.3) is 0 Å². The van der Waals surface area contributed by atoms with Gasteiger partial charge in [0.1, 0.15) is 5.75 Å². The minimum atomic E-state index is 0. The number of hydrogen-bond acceptors (Lipinski definition) is 2. The molecule has 0 aromatic heterocycles. The molecular weight excluding hydrogens is 294 g/mol. The van der Waals surface area contributed by atoms with Crippen molar-refractivity contribution in [1.82, 2.24) is 5.32 Å². The Morgan fingerprint density at radius 1 is 1.05 bits per heavy atom. The first-order valence-electron chi connectivity index (χ1n) is 8.74. The molecule has 1 aromatic carbocycles. The molecule has 126 valence electrons. The molecule has 1 fully saturated rings. The van der Waals surface area contributed by atoms with Crippen LogP contribution in [0, 0.1) is 6.92 Å². The second-order valence-corrected chi connectivity index (χ2v) is 6.37. The van der Waals surface area contributed by atoms with Gasteiger partial charge in [0.2, 0.25) is 0 Å². The maximum atomic E-state index is 5.98. The quantitative estimate of drug-likeness (QED) is 0.660. The van der Waals surface area contributed by atoms with E-state index in [2.05, 4.69) is 37.4 Å². The number of nitrogens with one attached hydrogen (secondary N) is 1. The molecule has 22 heavy (non-hydrogen) atoms. The van der Waals surface area contributed by atoms with Crippen molar-refractivity contribution in [3.8, 4) is 5.75 Å². The van der Waals surface area contributed by atoms with E-state index >= 15 is 0 Å². The van der Waals surface area contributed by atoms with Crippen molar-refractivity contribution >= 4 is 12.4 Å². The van der Waals surface area contributed by atoms with Crippen LogP contribution in [0.5, 0.6) is 5.75 Å². The lowest BCUT2D eigenvalue weighted by Crippen LogP contribution is -2.26. The van der Waals surface area contributed by atoms with Crippen LogP contribution in [0.2, 0.25) is 0 Å². The van der Waals surface area contributed by atoms with E-state index < -0.39 is 0 Å². The first kappa shape index (κ1) is 19.3. The zero-order chi connectivity index (χ0) is 14.9. The van der Waals surface area contributed by atoms with Gasteiger partial charge < -0.3 is 10.1 Å². The Bertz CT molecular complexity index is 416. The third-order valence-electron chi connectivity index (χ3n) is 4.40. The predicted molar refractivity (Wildman–Crippen MR) is 97.5 cm³/mol. The fourth-order valence-corrected chi connectivity index (χ4v) is 3.15. The van der Waals surface area contributed by atoms with Gasteiger partial charge in [0.05, 0.1) is 6.61 Å². The van der Waals surface area contributed by atoms with E-state index in [4.69, 9.17) is 4.74 Å².